The number of likely N-dealkylation sites (tertiary alicyclic amines) is 1. The SMILES string of the molecule is CNCC1CCN(CC(=O)N2CCNC2=O)CC1. The first kappa shape index (κ1) is 13.3. The highest BCUT2D eigenvalue weighted by Crippen LogP contribution is 2.16. The monoisotopic (exact) mass is 254 g/mol. The molecule has 6 nitrogen and oxygen atoms in total. The van der Waals surface area contributed by atoms with Gasteiger partial charge in [-0.15, -0.1) is 0 Å². The number of carbonyl (C=O) groups excluding carboxylic acids is 2. The second kappa shape index (κ2) is 6.15. The lowest BCUT2D eigenvalue weighted by Crippen LogP contribution is -2.45. The van der Waals surface area contributed by atoms with Crippen LogP contribution in [0.4, 0.5) is 4.79 Å². The fourth-order valence-electron chi connectivity index (χ4n) is 2.62. The van der Waals surface area contributed by atoms with Crippen molar-refractivity contribution in [3.63, 3.8) is 0 Å². The summed E-state index contributed by atoms with van der Waals surface area (Å²) >= 11 is 0. The van der Waals surface area contributed by atoms with Crippen LogP contribution in [0.15, 0.2) is 0 Å². The molecule has 0 bridgehead atoms. The van der Waals surface area contributed by atoms with Gasteiger partial charge >= 0.3 is 6.03 Å². The van der Waals surface area contributed by atoms with Crippen molar-refractivity contribution in [2.75, 3.05) is 46.3 Å². The molecule has 0 spiro atoms. The van der Waals surface area contributed by atoms with Crippen molar-refractivity contribution >= 4 is 11.9 Å². The van der Waals surface area contributed by atoms with Crippen LogP contribution in [0.25, 0.3) is 0 Å². The quantitative estimate of drug-likeness (QED) is 0.708. The highest BCUT2D eigenvalue weighted by molar-refractivity contribution is 5.96. The molecule has 2 aliphatic heterocycles. The van der Waals surface area contributed by atoms with E-state index in [1.54, 1.807) is 0 Å². The third-order valence-corrected chi connectivity index (χ3v) is 3.72. The number of nitrogens with one attached hydrogen (secondary N) is 2. The molecule has 0 saturated carbocycles. The summed E-state index contributed by atoms with van der Waals surface area (Å²) in [4.78, 5) is 26.8. The Morgan fingerprint density at radius 2 is 2.11 bits per heavy atom. The van der Waals surface area contributed by atoms with E-state index in [0.717, 1.165) is 38.4 Å². The largest absolute Gasteiger partial charge is 0.336 e. The Hall–Kier alpha value is -1.14. The number of urea groups is 1. The van der Waals surface area contributed by atoms with Crippen molar-refractivity contribution in [1.29, 1.82) is 0 Å². The first-order chi connectivity index (χ1) is 8.70. The second-order valence-corrected chi connectivity index (χ2v) is 5.05. The maximum Gasteiger partial charge on any atom is 0.324 e. The third kappa shape index (κ3) is 3.20. The Labute approximate surface area is 108 Å². The van der Waals surface area contributed by atoms with Crippen LogP contribution in [0, 0.1) is 5.92 Å². The Morgan fingerprint density at radius 1 is 1.39 bits per heavy atom. The van der Waals surface area contributed by atoms with Crippen molar-refractivity contribution in [2.24, 2.45) is 5.92 Å². The Bertz CT molecular complexity index is 313. The van der Waals surface area contributed by atoms with Crippen molar-refractivity contribution in [2.45, 2.75) is 12.8 Å². The average Bonchev–Trinajstić information content (AvgIpc) is 2.78. The zero-order valence-corrected chi connectivity index (χ0v) is 10.9. The summed E-state index contributed by atoms with van der Waals surface area (Å²) in [6.45, 7) is 4.42. The van der Waals surface area contributed by atoms with E-state index in [9.17, 15) is 9.59 Å². The number of rotatable bonds is 4. The van der Waals surface area contributed by atoms with Gasteiger partial charge in [0.15, 0.2) is 0 Å². The van der Waals surface area contributed by atoms with Crippen LogP contribution < -0.4 is 10.6 Å². The fourth-order valence-corrected chi connectivity index (χ4v) is 2.62. The van der Waals surface area contributed by atoms with Crippen LogP contribution in [0.2, 0.25) is 0 Å². The van der Waals surface area contributed by atoms with Crippen molar-refractivity contribution in [3.05, 3.63) is 0 Å². The highest BCUT2D eigenvalue weighted by Gasteiger charge is 2.28. The molecule has 0 radical (unpaired) electrons. The van der Waals surface area contributed by atoms with Gasteiger partial charge < -0.3 is 10.6 Å². The van der Waals surface area contributed by atoms with Gasteiger partial charge in [-0.1, -0.05) is 0 Å². The Morgan fingerprint density at radius 3 is 2.67 bits per heavy atom. The molecule has 0 aromatic rings. The maximum atomic E-state index is 11.9. The molecule has 18 heavy (non-hydrogen) atoms. The summed E-state index contributed by atoms with van der Waals surface area (Å²) < 4.78 is 0. The normalized spacial score (nSPS) is 22.3. The summed E-state index contributed by atoms with van der Waals surface area (Å²) in [5, 5.41) is 5.85. The Kier molecular flexibility index (Phi) is 4.54. The molecule has 0 aromatic heterocycles. The van der Waals surface area contributed by atoms with Crippen LogP contribution in [0.1, 0.15) is 12.8 Å². The number of hydrogen-bond donors (Lipinski definition) is 2. The molecule has 2 saturated heterocycles. The summed E-state index contributed by atoms with van der Waals surface area (Å²) in [6, 6.07) is -0.245. The number of carbonyl (C=O) groups is 2. The van der Waals surface area contributed by atoms with Crippen LogP contribution in [-0.2, 0) is 4.79 Å². The lowest BCUT2D eigenvalue weighted by Gasteiger charge is -2.31. The summed E-state index contributed by atoms with van der Waals surface area (Å²) in [6.07, 6.45) is 2.25. The van der Waals surface area contributed by atoms with E-state index in [1.165, 1.54) is 4.90 Å². The van der Waals surface area contributed by atoms with Crippen molar-refractivity contribution < 1.29 is 9.59 Å². The van der Waals surface area contributed by atoms with E-state index in [1.807, 2.05) is 7.05 Å². The first-order valence-corrected chi connectivity index (χ1v) is 6.66. The third-order valence-electron chi connectivity index (χ3n) is 3.72. The van der Waals surface area contributed by atoms with Crippen molar-refractivity contribution in [1.82, 2.24) is 20.4 Å². The van der Waals surface area contributed by atoms with Gasteiger partial charge in [-0.25, -0.2) is 4.79 Å². The van der Waals surface area contributed by atoms with Gasteiger partial charge in [0.2, 0.25) is 5.91 Å². The Balaban J connectivity index is 1.74. The zero-order valence-electron chi connectivity index (χ0n) is 10.9. The summed E-state index contributed by atoms with van der Waals surface area (Å²) in [5.41, 5.74) is 0. The first-order valence-electron chi connectivity index (χ1n) is 6.66. The molecule has 0 aromatic carbocycles. The predicted molar refractivity (Wildman–Crippen MR) is 68.2 cm³/mol. The van der Waals surface area contributed by atoms with Crippen LogP contribution in [-0.4, -0.2) is 68.1 Å². The van der Waals surface area contributed by atoms with Gasteiger partial charge in [0, 0.05) is 13.1 Å². The van der Waals surface area contributed by atoms with Gasteiger partial charge in [0.25, 0.3) is 0 Å². The molecule has 0 atom stereocenters. The number of piperidine rings is 1. The standard InChI is InChI=1S/C12H22N4O2/c1-13-8-10-2-5-15(6-3-10)9-11(17)16-7-4-14-12(16)18/h10,13H,2-9H2,1H3,(H,14,18). The van der Waals surface area contributed by atoms with Gasteiger partial charge in [-0.05, 0) is 45.4 Å². The van der Waals surface area contributed by atoms with Gasteiger partial charge in [0.05, 0.1) is 6.54 Å². The van der Waals surface area contributed by atoms with E-state index < -0.39 is 0 Å². The second-order valence-electron chi connectivity index (χ2n) is 5.05. The van der Waals surface area contributed by atoms with E-state index in [-0.39, 0.29) is 11.9 Å². The average molecular weight is 254 g/mol. The molecule has 2 fully saturated rings. The number of nitrogens with zero attached hydrogens (tertiary/aromatic N) is 2. The maximum absolute atomic E-state index is 11.9. The smallest absolute Gasteiger partial charge is 0.324 e. The minimum atomic E-state index is -0.245. The van der Waals surface area contributed by atoms with Crippen LogP contribution >= 0.6 is 0 Å². The summed E-state index contributed by atoms with van der Waals surface area (Å²) in [7, 11) is 1.97. The molecule has 6 heteroatoms. The lowest BCUT2D eigenvalue weighted by atomic mass is 9.97. The van der Waals surface area contributed by atoms with E-state index >= 15 is 0 Å². The number of amides is 3. The molecular weight excluding hydrogens is 232 g/mol. The predicted octanol–water partition coefficient (Wildman–Crippen LogP) is -0.530. The molecule has 2 rings (SSSR count). The molecular formula is C12H22N4O2. The van der Waals surface area contributed by atoms with Gasteiger partial charge in [0.1, 0.15) is 0 Å². The van der Waals surface area contributed by atoms with Crippen LogP contribution in [0.3, 0.4) is 0 Å². The molecule has 2 heterocycles. The summed E-state index contributed by atoms with van der Waals surface area (Å²) in [5.74, 6) is 0.647. The van der Waals surface area contributed by atoms with Crippen molar-refractivity contribution in [3.8, 4) is 0 Å². The molecule has 3 amide bonds. The van der Waals surface area contributed by atoms with Gasteiger partial charge in [-0.2, -0.15) is 0 Å². The molecule has 0 aliphatic carbocycles. The number of imide groups is 1. The molecule has 102 valence electrons. The highest BCUT2D eigenvalue weighted by atomic mass is 16.2. The minimum Gasteiger partial charge on any atom is -0.336 e. The topological polar surface area (TPSA) is 64.7 Å². The minimum absolute atomic E-state index is 0.0722. The van der Waals surface area contributed by atoms with Crippen LogP contribution in [0.5, 0.6) is 0 Å². The van der Waals surface area contributed by atoms with E-state index in [2.05, 4.69) is 15.5 Å². The van der Waals surface area contributed by atoms with E-state index in [0.29, 0.717) is 19.6 Å². The molecule has 2 aliphatic rings. The number of hydrogen-bond acceptors (Lipinski definition) is 4. The van der Waals surface area contributed by atoms with E-state index in [4.69, 9.17) is 0 Å². The lowest BCUT2D eigenvalue weighted by molar-refractivity contribution is -0.129. The van der Waals surface area contributed by atoms with Gasteiger partial charge in [-0.3, -0.25) is 14.6 Å². The molecule has 0 unspecified atom stereocenters. The molecule has 2 N–H and O–H groups in total. The fraction of sp³-hybridized carbons (Fsp3) is 0.833. The zero-order chi connectivity index (χ0) is 13.0.